The average Bonchev–Trinajstić information content (AvgIpc) is 3.02. The van der Waals surface area contributed by atoms with Gasteiger partial charge in [0, 0.05) is 27.8 Å². The van der Waals surface area contributed by atoms with Crippen molar-refractivity contribution in [2.45, 2.75) is 52.6 Å². The molecule has 23 heavy (non-hydrogen) atoms. The second-order valence-corrected chi connectivity index (χ2v) is 6.88. The Bertz CT molecular complexity index is 645. The summed E-state index contributed by atoms with van der Waals surface area (Å²) in [5.41, 5.74) is 5.74. The molecule has 1 aromatic carbocycles. The van der Waals surface area contributed by atoms with Gasteiger partial charge in [-0.25, -0.2) is 0 Å². The minimum Gasteiger partial charge on any atom is -0.372 e. The highest BCUT2D eigenvalue weighted by Gasteiger charge is 2.25. The van der Waals surface area contributed by atoms with Crippen LogP contribution in [0.1, 0.15) is 46.5 Å². The topological polar surface area (TPSA) is 24.5 Å². The summed E-state index contributed by atoms with van der Waals surface area (Å²) in [5.74, 6) is 0. The largest absolute Gasteiger partial charge is 0.372 e. The summed E-state index contributed by atoms with van der Waals surface area (Å²) < 4.78 is 6.18. The van der Waals surface area contributed by atoms with Gasteiger partial charge in [0.25, 0.3) is 0 Å². The summed E-state index contributed by atoms with van der Waals surface area (Å²) in [6, 6.07) is 8.00. The maximum atomic E-state index is 6.21. The molecule has 1 saturated carbocycles. The Labute approximate surface area is 144 Å². The van der Waals surface area contributed by atoms with Gasteiger partial charge in [-0.1, -0.05) is 30.5 Å². The molecule has 4 heteroatoms. The van der Waals surface area contributed by atoms with Crippen LogP contribution in [0.15, 0.2) is 47.1 Å². The van der Waals surface area contributed by atoms with E-state index >= 15 is 0 Å². The van der Waals surface area contributed by atoms with Crippen molar-refractivity contribution in [2.24, 2.45) is 0 Å². The lowest BCUT2D eigenvalue weighted by molar-refractivity contribution is 0.0737. The number of benzene rings is 1. The predicted molar refractivity (Wildman–Crippen MR) is 96.3 cm³/mol. The Balaban J connectivity index is 1.88. The minimum atomic E-state index is 0.406. The first kappa shape index (κ1) is 16.4. The van der Waals surface area contributed by atoms with Crippen LogP contribution in [-0.2, 0) is 4.74 Å². The van der Waals surface area contributed by atoms with Gasteiger partial charge in [-0.05, 0) is 51.8 Å². The summed E-state index contributed by atoms with van der Waals surface area (Å²) in [5, 5.41) is 4.22. The average molecular weight is 333 g/mol. The van der Waals surface area contributed by atoms with Crippen LogP contribution in [-0.4, -0.2) is 12.7 Å². The third kappa shape index (κ3) is 3.56. The summed E-state index contributed by atoms with van der Waals surface area (Å²) in [6.45, 7) is 6.97. The van der Waals surface area contributed by atoms with E-state index in [1.807, 2.05) is 18.2 Å². The fourth-order valence-electron chi connectivity index (χ4n) is 3.37. The molecule has 2 aliphatic rings. The molecule has 1 aliphatic carbocycles. The Kier molecular flexibility index (Phi) is 4.98. The van der Waals surface area contributed by atoms with Crippen LogP contribution in [0.3, 0.4) is 0 Å². The minimum absolute atomic E-state index is 0.406. The van der Waals surface area contributed by atoms with Crippen molar-refractivity contribution in [3.63, 3.8) is 0 Å². The Morgan fingerprint density at radius 1 is 1.17 bits per heavy atom. The molecule has 0 radical (unpaired) electrons. The molecule has 1 N–H and O–H groups in total. The van der Waals surface area contributed by atoms with Crippen LogP contribution < -0.4 is 10.2 Å². The molecule has 0 spiro atoms. The van der Waals surface area contributed by atoms with Crippen molar-refractivity contribution in [1.82, 2.24) is 5.32 Å². The lowest BCUT2D eigenvalue weighted by Crippen LogP contribution is -2.35. The number of anilines is 1. The van der Waals surface area contributed by atoms with Crippen molar-refractivity contribution < 1.29 is 4.74 Å². The van der Waals surface area contributed by atoms with Gasteiger partial charge in [-0.15, -0.1) is 0 Å². The van der Waals surface area contributed by atoms with E-state index in [2.05, 4.69) is 37.1 Å². The number of ether oxygens (including phenoxy) is 1. The summed E-state index contributed by atoms with van der Waals surface area (Å²) in [4.78, 5) is 2.27. The summed E-state index contributed by atoms with van der Waals surface area (Å²) in [7, 11) is 0. The van der Waals surface area contributed by atoms with Gasteiger partial charge in [-0.3, -0.25) is 0 Å². The fraction of sp³-hybridized carbons (Fsp3) is 0.474. The molecule has 0 unspecified atom stereocenters. The maximum absolute atomic E-state index is 6.21. The van der Waals surface area contributed by atoms with E-state index in [4.69, 9.17) is 16.3 Å². The SMILES string of the molecule is CC1=C(C)N(c2cccc(Cl)c2)C(COC2CCCC2)=C(C)N1. The lowest BCUT2D eigenvalue weighted by Gasteiger charge is -2.36. The van der Waals surface area contributed by atoms with Crippen molar-refractivity contribution >= 4 is 17.3 Å². The molecule has 1 aliphatic heterocycles. The van der Waals surface area contributed by atoms with E-state index in [-0.39, 0.29) is 0 Å². The van der Waals surface area contributed by atoms with E-state index in [1.54, 1.807) is 0 Å². The number of allylic oxidation sites excluding steroid dienone is 3. The highest BCUT2D eigenvalue weighted by molar-refractivity contribution is 6.30. The number of nitrogens with zero attached hydrogens (tertiary/aromatic N) is 1. The van der Waals surface area contributed by atoms with E-state index in [0.29, 0.717) is 12.7 Å². The van der Waals surface area contributed by atoms with Gasteiger partial charge < -0.3 is 15.0 Å². The van der Waals surface area contributed by atoms with Gasteiger partial charge >= 0.3 is 0 Å². The van der Waals surface area contributed by atoms with Gasteiger partial charge in [0.1, 0.15) is 0 Å². The molecular weight excluding hydrogens is 308 g/mol. The number of hydrogen-bond donors (Lipinski definition) is 1. The maximum Gasteiger partial charge on any atom is 0.0892 e. The molecule has 0 bridgehead atoms. The fourth-order valence-corrected chi connectivity index (χ4v) is 3.56. The lowest BCUT2D eigenvalue weighted by atomic mass is 10.1. The Morgan fingerprint density at radius 3 is 2.61 bits per heavy atom. The Hall–Kier alpha value is -1.45. The second kappa shape index (κ2) is 6.98. The van der Waals surface area contributed by atoms with Crippen LogP contribution in [0.25, 0.3) is 0 Å². The van der Waals surface area contributed by atoms with Gasteiger partial charge in [0.2, 0.25) is 0 Å². The standard InChI is InChI=1S/C19H25ClN2O/c1-13-15(3)22(17-8-6-7-16(20)11-17)19(14(2)21-13)12-23-18-9-4-5-10-18/h6-8,11,18,21H,4-5,9-10,12H2,1-3H3. The first-order valence-corrected chi connectivity index (χ1v) is 8.75. The summed E-state index contributed by atoms with van der Waals surface area (Å²) in [6.07, 6.45) is 5.35. The summed E-state index contributed by atoms with van der Waals surface area (Å²) >= 11 is 6.21. The van der Waals surface area contributed by atoms with Crippen molar-refractivity contribution in [1.29, 1.82) is 0 Å². The third-order valence-corrected chi connectivity index (χ3v) is 5.02. The van der Waals surface area contributed by atoms with Gasteiger partial charge in [0.05, 0.1) is 18.4 Å². The number of halogens is 1. The number of nitrogens with one attached hydrogen (secondary N) is 1. The monoisotopic (exact) mass is 332 g/mol. The molecule has 0 aromatic heterocycles. The normalized spacial score (nSPS) is 19.6. The van der Waals surface area contributed by atoms with Crippen LogP contribution in [0.4, 0.5) is 5.69 Å². The van der Waals surface area contributed by atoms with Crippen LogP contribution in [0.5, 0.6) is 0 Å². The van der Waals surface area contributed by atoms with Crippen molar-refractivity contribution in [2.75, 3.05) is 11.5 Å². The van der Waals surface area contributed by atoms with Crippen molar-refractivity contribution in [3.8, 4) is 0 Å². The van der Waals surface area contributed by atoms with E-state index in [9.17, 15) is 0 Å². The molecule has 0 atom stereocenters. The zero-order valence-corrected chi connectivity index (χ0v) is 14.9. The highest BCUT2D eigenvalue weighted by atomic mass is 35.5. The molecule has 3 rings (SSSR count). The smallest absolute Gasteiger partial charge is 0.0892 e. The van der Waals surface area contributed by atoms with Crippen LogP contribution >= 0.6 is 11.6 Å². The highest BCUT2D eigenvalue weighted by Crippen LogP contribution is 2.32. The molecule has 3 nitrogen and oxygen atoms in total. The van der Waals surface area contributed by atoms with Crippen LogP contribution in [0, 0.1) is 0 Å². The van der Waals surface area contributed by atoms with Crippen molar-refractivity contribution in [3.05, 3.63) is 52.1 Å². The molecular formula is C19H25ClN2O. The molecule has 124 valence electrons. The third-order valence-electron chi connectivity index (χ3n) is 4.78. The molecule has 1 fully saturated rings. The number of rotatable bonds is 4. The first-order chi connectivity index (χ1) is 11.1. The predicted octanol–water partition coefficient (Wildman–Crippen LogP) is 5.19. The van der Waals surface area contributed by atoms with E-state index in [1.165, 1.54) is 37.1 Å². The van der Waals surface area contributed by atoms with Gasteiger partial charge in [0.15, 0.2) is 0 Å². The van der Waals surface area contributed by atoms with E-state index in [0.717, 1.165) is 22.1 Å². The zero-order chi connectivity index (χ0) is 16.4. The van der Waals surface area contributed by atoms with Gasteiger partial charge in [-0.2, -0.15) is 0 Å². The number of hydrogen-bond acceptors (Lipinski definition) is 3. The molecule has 0 amide bonds. The first-order valence-electron chi connectivity index (χ1n) is 8.38. The van der Waals surface area contributed by atoms with Crippen LogP contribution in [0.2, 0.25) is 5.02 Å². The zero-order valence-electron chi connectivity index (χ0n) is 14.2. The molecule has 0 saturated heterocycles. The quantitative estimate of drug-likeness (QED) is 0.821. The molecule has 1 aromatic rings. The molecule has 1 heterocycles. The Morgan fingerprint density at radius 2 is 1.91 bits per heavy atom. The second-order valence-electron chi connectivity index (χ2n) is 6.44. The van der Waals surface area contributed by atoms with E-state index < -0.39 is 0 Å².